The fourth-order valence-corrected chi connectivity index (χ4v) is 4.96. The van der Waals surface area contributed by atoms with Gasteiger partial charge >= 0.3 is 0 Å². The number of hydrogen-bond donors (Lipinski definition) is 0. The average Bonchev–Trinajstić information content (AvgIpc) is 3.10. The molecule has 0 saturated heterocycles. The molecule has 0 aliphatic heterocycles. The topological polar surface area (TPSA) is 67.2 Å². The van der Waals surface area contributed by atoms with Crippen LogP contribution in [0.4, 0.5) is 0 Å². The third-order valence-electron chi connectivity index (χ3n) is 3.87. The summed E-state index contributed by atoms with van der Waals surface area (Å²) in [6.45, 7) is 1.71. The van der Waals surface area contributed by atoms with Crippen molar-refractivity contribution in [2.75, 3.05) is 19.5 Å². The normalized spacial score (nSPS) is 28.9. The summed E-state index contributed by atoms with van der Waals surface area (Å²) in [6.07, 6.45) is 0. The number of nitrogens with zero attached hydrogens (tertiary/aromatic N) is 1. The average molecular weight is 314 g/mol. The SMILES string of the molecule is CCS(=O)(=O)[C@H]1[C@H](c2ccc(Cl)cc2)[C@@]1(C#N)COC. The van der Waals surface area contributed by atoms with Gasteiger partial charge in [0, 0.05) is 23.8 Å². The molecule has 0 spiro atoms. The number of rotatable bonds is 5. The Hall–Kier alpha value is -1.09. The summed E-state index contributed by atoms with van der Waals surface area (Å²) in [5.41, 5.74) is -0.174. The maximum atomic E-state index is 12.2. The molecule has 4 nitrogen and oxygen atoms in total. The van der Waals surface area contributed by atoms with Crippen LogP contribution in [0.15, 0.2) is 24.3 Å². The highest BCUT2D eigenvalue weighted by atomic mass is 35.5. The van der Waals surface area contributed by atoms with E-state index in [0.717, 1.165) is 5.56 Å². The zero-order valence-corrected chi connectivity index (χ0v) is 12.9. The summed E-state index contributed by atoms with van der Waals surface area (Å²) in [7, 11) is -1.83. The Kier molecular flexibility index (Phi) is 4.10. The lowest BCUT2D eigenvalue weighted by Gasteiger charge is -2.07. The third kappa shape index (κ3) is 2.32. The van der Waals surface area contributed by atoms with Crippen molar-refractivity contribution in [2.24, 2.45) is 5.41 Å². The molecular formula is C14H16ClNO3S. The van der Waals surface area contributed by atoms with Crippen molar-refractivity contribution in [2.45, 2.75) is 18.1 Å². The van der Waals surface area contributed by atoms with Crippen LogP contribution in [0.3, 0.4) is 0 Å². The van der Waals surface area contributed by atoms with Crippen LogP contribution in [0.2, 0.25) is 5.02 Å². The fraction of sp³-hybridized carbons (Fsp3) is 0.500. The summed E-state index contributed by atoms with van der Waals surface area (Å²) in [5, 5.41) is 9.36. The van der Waals surface area contributed by atoms with Gasteiger partial charge in [-0.15, -0.1) is 0 Å². The molecule has 3 atom stereocenters. The van der Waals surface area contributed by atoms with Crippen molar-refractivity contribution in [3.05, 3.63) is 34.9 Å². The molecule has 0 amide bonds. The van der Waals surface area contributed by atoms with E-state index in [4.69, 9.17) is 16.3 Å². The first-order chi connectivity index (χ1) is 9.43. The second kappa shape index (κ2) is 5.36. The molecule has 2 rings (SSSR count). The minimum atomic E-state index is -3.31. The van der Waals surface area contributed by atoms with Crippen molar-refractivity contribution in [1.82, 2.24) is 0 Å². The van der Waals surface area contributed by atoms with Gasteiger partial charge in [0.25, 0.3) is 0 Å². The summed E-state index contributed by atoms with van der Waals surface area (Å²) in [4.78, 5) is 0. The minimum Gasteiger partial charge on any atom is -0.383 e. The first-order valence-corrected chi connectivity index (χ1v) is 8.39. The second-order valence-corrected chi connectivity index (χ2v) is 7.83. The van der Waals surface area contributed by atoms with Crippen molar-refractivity contribution < 1.29 is 13.2 Å². The summed E-state index contributed by atoms with van der Waals surface area (Å²) in [6, 6.07) is 9.14. The van der Waals surface area contributed by atoms with E-state index in [9.17, 15) is 13.7 Å². The molecule has 6 heteroatoms. The van der Waals surface area contributed by atoms with E-state index in [1.807, 2.05) is 0 Å². The predicted molar refractivity (Wildman–Crippen MR) is 77.4 cm³/mol. The number of hydrogen-bond acceptors (Lipinski definition) is 4. The van der Waals surface area contributed by atoms with Crippen molar-refractivity contribution in [3.8, 4) is 6.07 Å². The van der Waals surface area contributed by atoms with E-state index in [0.29, 0.717) is 5.02 Å². The van der Waals surface area contributed by atoms with Crippen LogP contribution in [-0.2, 0) is 14.6 Å². The van der Waals surface area contributed by atoms with Crippen molar-refractivity contribution in [3.63, 3.8) is 0 Å². The standard InChI is InChI=1S/C14H16ClNO3S/c1-3-20(17,18)13-12(14(13,8-16)9-19-2)10-4-6-11(15)7-5-10/h4-7,12-13H,3,9H2,1-2H3/t12-,13-,14+/m0/s1. The summed E-state index contributed by atoms with van der Waals surface area (Å²) < 4.78 is 29.6. The maximum absolute atomic E-state index is 12.2. The van der Waals surface area contributed by atoms with Gasteiger partial charge in [-0.2, -0.15) is 5.26 Å². The maximum Gasteiger partial charge on any atom is 0.155 e. The van der Waals surface area contributed by atoms with E-state index < -0.39 is 20.5 Å². The van der Waals surface area contributed by atoms with Crippen molar-refractivity contribution >= 4 is 21.4 Å². The van der Waals surface area contributed by atoms with E-state index in [-0.39, 0.29) is 18.3 Å². The smallest absolute Gasteiger partial charge is 0.155 e. The summed E-state index contributed by atoms with van der Waals surface area (Å²) >= 11 is 5.85. The molecule has 1 aliphatic carbocycles. The first-order valence-electron chi connectivity index (χ1n) is 6.30. The molecule has 0 aromatic heterocycles. The zero-order chi connectivity index (χ0) is 15.0. The lowest BCUT2D eigenvalue weighted by molar-refractivity contribution is 0.162. The number of halogens is 1. The highest BCUT2D eigenvalue weighted by molar-refractivity contribution is 7.92. The van der Waals surface area contributed by atoms with Crippen LogP contribution in [0.25, 0.3) is 0 Å². The van der Waals surface area contributed by atoms with Gasteiger partial charge in [-0.3, -0.25) is 0 Å². The molecule has 0 bridgehead atoms. The number of methoxy groups -OCH3 is 1. The van der Waals surface area contributed by atoms with Crippen LogP contribution in [0.1, 0.15) is 18.4 Å². The number of ether oxygens (including phenoxy) is 1. The minimum absolute atomic E-state index is 0.0227. The molecule has 0 unspecified atom stereocenters. The van der Waals surface area contributed by atoms with E-state index in [1.165, 1.54) is 7.11 Å². The monoisotopic (exact) mass is 313 g/mol. The Morgan fingerprint density at radius 3 is 2.45 bits per heavy atom. The summed E-state index contributed by atoms with van der Waals surface area (Å²) in [5.74, 6) is -0.329. The molecule has 20 heavy (non-hydrogen) atoms. The van der Waals surface area contributed by atoms with E-state index in [1.54, 1.807) is 31.2 Å². The number of sulfone groups is 1. The number of nitriles is 1. The molecule has 108 valence electrons. The van der Waals surface area contributed by atoms with Gasteiger partial charge in [0.2, 0.25) is 0 Å². The highest BCUT2D eigenvalue weighted by Gasteiger charge is 2.71. The Bertz CT molecular complexity index is 635. The molecule has 1 aliphatic rings. The van der Waals surface area contributed by atoms with Crippen LogP contribution < -0.4 is 0 Å². The lowest BCUT2D eigenvalue weighted by Crippen LogP contribution is -2.20. The molecule has 1 fully saturated rings. The molecule has 1 saturated carbocycles. The van der Waals surface area contributed by atoms with Gasteiger partial charge in [0.05, 0.1) is 17.9 Å². The van der Waals surface area contributed by atoms with Gasteiger partial charge in [0.15, 0.2) is 9.84 Å². The van der Waals surface area contributed by atoms with Gasteiger partial charge in [-0.25, -0.2) is 8.42 Å². The Morgan fingerprint density at radius 1 is 1.40 bits per heavy atom. The second-order valence-electron chi connectivity index (χ2n) is 4.99. The Morgan fingerprint density at radius 2 is 2.00 bits per heavy atom. The Balaban J connectivity index is 2.45. The highest BCUT2D eigenvalue weighted by Crippen LogP contribution is 2.62. The molecule has 1 aromatic carbocycles. The van der Waals surface area contributed by atoms with Gasteiger partial charge in [-0.1, -0.05) is 30.7 Å². The predicted octanol–water partition coefficient (Wildman–Crippen LogP) is 2.40. The molecule has 1 aromatic rings. The zero-order valence-electron chi connectivity index (χ0n) is 11.3. The third-order valence-corrected chi connectivity index (χ3v) is 6.39. The van der Waals surface area contributed by atoms with Crippen LogP contribution in [0.5, 0.6) is 0 Å². The Labute approximate surface area is 124 Å². The molecule has 0 heterocycles. The van der Waals surface area contributed by atoms with E-state index >= 15 is 0 Å². The van der Waals surface area contributed by atoms with Crippen LogP contribution in [0, 0.1) is 16.7 Å². The van der Waals surface area contributed by atoms with Gasteiger partial charge in [-0.05, 0) is 17.7 Å². The van der Waals surface area contributed by atoms with Gasteiger partial charge in [0.1, 0.15) is 5.41 Å². The first kappa shape index (κ1) is 15.3. The fourth-order valence-electron chi connectivity index (χ4n) is 2.83. The molecule has 0 N–H and O–H groups in total. The van der Waals surface area contributed by atoms with Crippen LogP contribution >= 0.6 is 11.6 Å². The number of benzene rings is 1. The molecule has 0 radical (unpaired) electrons. The lowest BCUT2D eigenvalue weighted by atomic mass is 10.0. The quantitative estimate of drug-likeness (QED) is 0.837. The van der Waals surface area contributed by atoms with Crippen LogP contribution in [-0.4, -0.2) is 33.1 Å². The molecular weight excluding hydrogens is 298 g/mol. The van der Waals surface area contributed by atoms with E-state index in [2.05, 4.69) is 6.07 Å². The largest absolute Gasteiger partial charge is 0.383 e. The van der Waals surface area contributed by atoms with Crippen molar-refractivity contribution in [1.29, 1.82) is 5.26 Å². The van der Waals surface area contributed by atoms with Gasteiger partial charge < -0.3 is 4.74 Å².